The van der Waals surface area contributed by atoms with E-state index in [4.69, 9.17) is 0 Å². The summed E-state index contributed by atoms with van der Waals surface area (Å²) in [6, 6.07) is 0. The highest BCUT2D eigenvalue weighted by atomic mass is 14.9. The zero-order valence-corrected chi connectivity index (χ0v) is 9.98. The van der Waals surface area contributed by atoms with E-state index >= 15 is 0 Å². The summed E-state index contributed by atoms with van der Waals surface area (Å²) in [6.07, 6.45) is 4.89. The Morgan fingerprint density at radius 1 is 1.29 bits per heavy atom. The minimum Gasteiger partial charge on any atom is -0.359 e. The summed E-state index contributed by atoms with van der Waals surface area (Å²) in [7, 11) is 0. The predicted molar refractivity (Wildman–Crippen MR) is 67.0 cm³/mol. The Morgan fingerprint density at radius 2 is 1.79 bits per heavy atom. The lowest BCUT2D eigenvalue weighted by Gasteiger charge is -2.11. The Hall–Kier alpha value is -1.24. The second-order valence-corrected chi connectivity index (χ2v) is 2.91. The van der Waals surface area contributed by atoms with E-state index in [0.717, 1.165) is 12.1 Å². The Kier molecular flexibility index (Phi) is 10.7. The molecule has 0 saturated carbocycles. The van der Waals surface area contributed by atoms with Crippen molar-refractivity contribution in [3.63, 3.8) is 0 Å². The quantitative estimate of drug-likeness (QED) is 0.522. The molecule has 0 radical (unpaired) electrons. The lowest BCUT2D eigenvalue weighted by atomic mass is 10.2. The lowest BCUT2D eigenvalue weighted by Crippen LogP contribution is -2.11. The molecule has 0 aliphatic heterocycles. The SMILES string of the molecule is C=C.C=C/C(=C\C)NC(CC)=C(C)C. The Bertz CT molecular complexity index is 217. The van der Waals surface area contributed by atoms with Gasteiger partial charge in [0.25, 0.3) is 0 Å². The fourth-order valence-corrected chi connectivity index (χ4v) is 0.982. The van der Waals surface area contributed by atoms with Gasteiger partial charge in [0.05, 0.1) is 0 Å². The standard InChI is InChI=1S/C11H19N.C2H4/c1-6-10(7-2)12-11(8-3)9(4)5;1-2/h6-7,12H,1,8H2,2-5H3;1-2H2/b10-7+;. The molecule has 80 valence electrons. The van der Waals surface area contributed by atoms with Gasteiger partial charge in [-0.3, -0.25) is 0 Å². The van der Waals surface area contributed by atoms with Crippen LogP contribution < -0.4 is 5.32 Å². The molecule has 1 N–H and O–H groups in total. The van der Waals surface area contributed by atoms with Gasteiger partial charge in [0.15, 0.2) is 0 Å². The largest absolute Gasteiger partial charge is 0.359 e. The van der Waals surface area contributed by atoms with Gasteiger partial charge in [0, 0.05) is 11.4 Å². The third kappa shape index (κ3) is 6.30. The monoisotopic (exact) mass is 193 g/mol. The maximum Gasteiger partial charge on any atom is 0.0332 e. The van der Waals surface area contributed by atoms with Gasteiger partial charge in [-0.2, -0.15) is 0 Å². The molecule has 0 heterocycles. The van der Waals surface area contributed by atoms with Crippen LogP contribution in [-0.2, 0) is 0 Å². The fourth-order valence-electron chi connectivity index (χ4n) is 0.982. The molecule has 0 aromatic rings. The van der Waals surface area contributed by atoms with Crippen LogP contribution in [0, 0.1) is 0 Å². The van der Waals surface area contributed by atoms with Crippen LogP contribution in [0.5, 0.6) is 0 Å². The average Bonchev–Trinajstić information content (AvgIpc) is 2.22. The van der Waals surface area contributed by atoms with Crippen molar-refractivity contribution in [1.82, 2.24) is 5.32 Å². The Balaban J connectivity index is 0. The normalized spacial score (nSPS) is 9.57. The number of allylic oxidation sites excluding steroid dienone is 4. The van der Waals surface area contributed by atoms with Crippen molar-refractivity contribution < 1.29 is 0 Å². The topological polar surface area (TPSA) is 12.0 Å². The molecule has 0 bridgehead atoms. The van der Waals surface area contributed by atoms with Crippen molar-refractivity contribution in [2.45, 2.75) is 34.1 Å². The predicted octanol–water partition coefficient (Wildman–Crippen LogP) is 4.17. The van der Waals surface area contributed by atoms with Crippen LogP contribution in [-0.4, -0.2) is 0 Å². The minimum absolute atomic E-state index is 1.04. The van der Waals surface area contributed by atoms with Gasteiger partial charge < -0.3 is 5.32 Å². The number of nitrogens with one attached hydrogen (secondary N) is 1. The summed E-state index contributed by atoms with van der Waals surface area (Å²) in [4.78, 5) is 0. The maximum atomic E-state index is 3.73. The summed E-state index contributed by atoms with van der Waals surface area (Å²) in [5.41, 5.74) is 3.69. The molecule has 0 spiro atoms. The van der Waals surface area contributed by atoms with Gasteiger partial charge in [-0.05, 0) is 33.3 Å². The molecule has 0 aromatic carbocycles. The summed E-state index contributed by atoms with van der Waals surface area (Å²) < 4.78 is 0. The molecule has 0 amide bonds. The minimum atomic E-state index is 1.04. The first-order valence-electron chi connectivity index (χ1n) is 4.87. The summed E-state index contributed by atoms with van der Waals surface area (Å²) in [5, 5.41) is 3.33. The first-order valence-corrected chi connectivity index (χ1v) is 4.87. The molecule has 0 atom stereocenters. The van der Waals surface area contributed by atoms with Crippen molar-refractivity contribution in [3.8, 4) is 0 Å². The smallest absolute Gasteiger partial charge is 0.0332 e. The molecule has 0 aliphatic carbocycles. The summed E-state index contributed by atoms with van der Waals surface area (Å²) in [6.45, 7) is 18.1. The van der Waals surface area contributed by atoms with Gasteiger partial charge in [0.1, 0.15) is 0 Å². The highest BCUT2D eigenvalue weighted by molar-refractivity contribution is 5.21. The summed E-state index contributed by atoms with van der Waals surface area (Å²) >= 11 is 0. The first-order chi connectivity index (χ1) is 6.65. The third-order valence-electron chi connectivity index (χ3n) is 1.78. The third-order valence-corrected chi connectivity index (χ3v) is 1.78. The van der Waals surface area contributed by atoms with Crippen molar-refractivity contribution in [2.75, 3.05) is 0 Å². The zero-order valence-electron chi connectivity index (χ0n) is 9.98. The first kappa shape index (κ1) is 15.2. The molecule has 0 aliphatic rings. The summed E-state index contributed by atoms with van der Waals surface area (Å²) in [5.74, 6) is 0. The van der Waals surface area contributed by atoms with Gasteiger partial charge in [-0.15, -0.1) is 13.2 Å². The Morgan fingerprint density at radius 3 is 2.00 bits per heavy atom. The average molecular weight is 193 g/mol. The molecule has 0 rings (SSSR count). The van der Waals surface area contributed by atoms with E-state index in [1.165, 1.54) is 11.3 Å². The molecule has 0 aromatic heterocycles. The van der Waals surface area contributed by atoms with Crippen LogP contribution in [0.15, 0.2) is 48.9 Å². The number of hydrogen-bond donors (Lipinski definition) is 1. The van der Waals surface area contributed by atoms with Gasteiger partial charge >= 0.3 is 0 Å². The molecule has 0 unspecified atom stereocenters. The van der Waals surface area contributed by atoms with Crippen LogP contribution >= 0.6 is 0 Å². The van der Waals surface area contributed by atoms with E-state index in [9.17, 15) is 0 Å². The van der Waals surface area contributed by atoms with Crippen LogP contribution in [0.2, 0.25) is 0 Å². The van der Waals surface area contributed by atoms with Gasteiger partial charge in [-0.1, -0.05) is 25.2 Å². The van der Waals surface area contributed by atoms with Crippen molar-refractivity contribution in [2.24, 2.45) is 0 Å². The zero-order chi connectivity index (χ0) is 11.6. The van der Waals surface area contributed by atoms with Crippen LogP contribution in [0.1, 0.15) is 34.1 Å². The van der Waals surface area contributed by atoms with Crippen molar-refractivity contribution in [1.29, 1.82) is 0 Å². The molecule has 1 nitrogen and oxygen atoms in total. The van der Waals surface area contributed by atoms with E-state index < -0.39 is 0 Å². The van der Waals surface area contributed by atoms with Crippen LogP contribution in [0.4, 0.5) is 0 Å². The van der Waals surface area contributed by atoms with E-state index in [2.05, 4.69) is 45.8 Å². The lowest BCUT2D eigenvalue weighted by molar-refractivity contribution is 0.883. The number of rotatable bonds is 4. The Labute approximate surface area is 88.9 Å². The van der Waals surface area contributed by atoms with Gasteiger partial charge in [-0.25, -0.2) is 0 Å². The van der Waals surface area contributed by atoms with Crippen LogP contribution in [0.25, 0.3) is 0 Å². The molecule has 0 fully saturated rings. The van der Waals surface area contributed by atoms with Gasteiger partial charge in [0.2, 0.25) is 0 Å². The van der Waals surface area contributed by atoms with Crippen LogP contribution in [0.3, 0.4) is 0 Å². The van der Waals surface area contributed by atoms with Crippen molar-refractivity contribution >= 4 is 0 Å². The highest BCUT2D eigenvalue weighted by Gasteiger charge is 1.96. The number of hydrogen-bond acceptors (Lipinski definition) is 1. The second-order valence-electron chi connectivity index (χ2n) is 2.91. The highest BCUT2D eigenvalue weighted by Crippen LogP contribution is 2.06. The van der Waals surface area contributed by atoms with Crippen molar-refractivity contribution in [3.05, 3.63) is 48.9 Å². The van der Waals surface area contributed by atoms with E-state index in [0.29, 0.717) is 0 Å². The second kappa shape index (κ2) is 9.85. The van der Waals surface area contributed by atoms with E-state index in [1.54, 1.807) is 0 Å². The maximum absolute atomic E-state index is 3.73. The van der Waals surface area contributed by atoms with E-state index in [1.807, 2.05) is 19.1 Å². The molecular formula is C13H23N. The molecular weight excluding hydrogens is 170 g/mol. The molecule has 1 heteroatoms. The molecule has 0 saturated heterocycles. The molecule has 14 heavy (non-hydrogen) atoms. The fraction of sp³-hybridized carbons (Fsp3) is 0.385. The van der Waals surface area contributed by atoms with E-state index in [-0.39, 0.29) is 0 Å².